The summed E-state index contributed by atoms with van der Waals surface area (Å²) in [5.74, 6) is -0.193. The maximum Gasteiger partial charge on any atom is 0.231 e. The van der Waals surface area contributed by atoms with Crippen LogP contribution in [-0.4, -0.2) is 42.7 Å². The number of rotatable bonds is 8. The molecule has 19 heavy (non-hydrogen) atoms. The number of carbonyl (C=O) groups excluding carboxylic acids is 1. The van der Waals surface area contributed by atoms with Gasteiger partial charge in [0.05, 0.1) is 5.92 Å². The van der Waals surface area contributed by atoms with Crippen molar-refractivity contribution in [2.75, 3.05) is 26.7 Å². The summed E-state index contributed by atoms with van der Waals surface area (Å²) in [5.41, 5.74) is 6.71. The fourth-order valence-electron chi connectivity index (χ4n) is 2.08. The zero-order valence-corrected chi connectivity index (χ0v) is 11.6. The minimum absolute atomic E-state index is 0.0673. The fourth-order valence-corrected chi connectivity index (χ4v) is 2.08. The molecule has 0 radical (unpaired) electrons. The van der Waals surface area contributed by atoms with E-state index in [0.717, 1.165) is 24.8 Å². The van der Waals surface area contributed by atoms with Crippen LogP contribution in [0.3, 0.4) is 0 Å². The molecule has 1 rings (SSSR count). The predicted molar refractivity (Wildman–Crippen MR) is 76.8 cm³/mol. The highest BCUT2D eigenvalue weighted by Crippen LogP contribution is 2.17. The highest BCUT2D eigenvalue weighted by Gasteiger charge is 2.21. The molecule has 0 aromatic heterocycles. The first-order valence-electron chi connectivity index (χ1n) is 6.81. The highest BCUT2D eigenvalue weighted by molar-refractivity contribution is 5.83. The average Bonchev–Trinajstić information content (AvgIpc) is 2.45. The molecule has 0 heterocycles. The first-order chi connectivity index (χ1) is 9.20. The van der Waals surface area contributed by atoms with E-state index in [0.29, 0.717) is 13.1 Å². The van der Waals surface area contributed by atoms with Gasteiger partial charge in [0.2, 0.25) is 5.91 Å². The Morgan fingerprint density at radius 1 is 1.26 bits per heavy atom. The van der Waals surface area contributed by atoms with Gasteiger partial charge in [-0.2, -0.15) is 0 Å². The Labute approximate surface area is 115 Å². The normalized spacial score (nSPS) is 12.2. The Kier molecular flexibility index (Phi) is 7.15. The summed E-state index contributed by atoms with van der Waals surface area (Å²) in [7, 11) is 1.81. The van der Waals surface area contributed by atoms with Crippen molar-refractivity contribution in [3.05, 3.63) is 35.9 Å². The Morgan fingerprint density at radius 2 is 1.95 bits per heavy atom. The second-order valence-electron chi connectivity index (χ2n) is 4.74. The standard InChI is InChI=1S/C15H24N2O2/c1-17(10-6-3-7-11-18)15(19)14(12-16)13-8-4-2-5-9-13/h2,4-5,8-9,14,18H,3,6-7,10-12,16H2,1H3. The molecule has 1 atom stereocenters. The SMILES string of the molecule is CN(CCCCCO)C(=O)C(CN)c1ccccc1. The third-order valence-electron chi connectivity index (χ3n) is 3.26. The molecule has 0 bridgehead atoms. The molecule has 4 nitrogen and oxygen atoms in total. The van der Waals surface area contributed by atoms with E-state index in [4.69, 9.17) is 10.8 Å². The van der Waals surface area contributed by atoms with E-state index in [1.54, 1.807) is 4.90 Å². The summed E-state index contributed by atoms with van der Waals surface area (Å²) in [6, 6.07) is 9.66. The van der Waals surface area contributed by atoms with E-state index < -0.39 is 0 Å². The maximum atomic E-state index is 12.3. The van der Waals surface area contributed by atoms with Gasteiger partial charge in [0, 0.05) is 26.7 Å². The van der Waals surface area contributed by atoms with Gasteiger partial charge < -0.3 is 15.7 Å². The van der Waals surface area contributed by atoms with E-state index in [1.807, 2.05) is 37.4 Å². The lowest BCUT2D eigenvalue weighted by molar-refractivity contribution is -0.131. The van der Waals surface area contributed by atoms with Gasteiger partial charge in [-0.3, -0.25) is 4.79 Å². The zero-order valence-electron chi connectivity index (χ0n) is 11.6. The Balaban J connectivity index is 2.54. The fraction of sp³-hybridized carbons (Fsp3) is 0.533. The predicted octanol–water partition coefficient (Wildman–Crippen LogP) is 1.35. The van der Waals surface area contributed by atoms with Crippen LogP contribution in [0.4, 0.5) is 0 Å². The van der Waals surface area contributed by atoms with Crippen LogP contribution < -0.4 is 5.73 Å². The maximum absolute atomic E-state index is 12.3. The molecule has 0 aliphatic heterocycles. The number of aliphatic hydroxyl groups excluding tert-OH is 1. The number of nitrogens with two attached hydrogens (primary N) is 1. The second-order valence-corrected chi connectivity index (χ2v) is 4.74. The average molecular weight is 264 g/mol. The highest BCUT2D eigenvalue weighted by atomic mass is 16.2. The van der Waals surface area contributed by atoms with Crippen molar-refractivity contribution in [1.29, 1.82) is 0 Å². The first kappa shape index (κ1) is 15.7. The van der Waals surface area contributed by atoms with Gasteiger partial charge in [-0.25, -0.2) is 0 Å². The minimum Gasteiger partial charge on any atom is -0.396 e. The number of unbranched alkanes of at least 4 members (excludes halogenated alkanes) is 2. The van der Waals surface area contributed by atoms with Crippen molar-refractivity contribution < 1.29 is 9.90 Å². The summed E-state index contributed by atoms with van der Waals surface area (Å²) in [5, 5.41) is 8.72. The largest absolute Gasteiger partial charge is 0.396 e. The van der Waals surface area contributed by atoms with Crippen LogP contribution >= 0.6 is 0 Å². The molecular weight excluding hydrogens is 240 g/mol. The van der Waals surface area contributed by atoms with Crippen LogP contribution in [-0.2, 0) is 4.79 Å². The molecule has 0 saturated carbocycles. The molecule has 0 saturated heterocycles. The quantitative estimate of drug-likeness (QED) is 0.697. The van der Waals surface area contributed by atoms with E-state index in [9.17, 15) is 4.79 Å². The Bertz CT molecular complexity index is 368. The van der Waals surface area contributed by atoms with Crippen LogP contribution in [0.25, 0.3) is 0 Å². The van der Waals surface area contributed by atoms with Gasteiger partial charge in [0.25, 0.3) is 0 Å². The van der Waals surface area contributed by atoms with E-state index in [1.165, 1.54) is 0 Å². The van der Waals surface area contributed by atoms with Crippen molar-refractivity contribution in [2.24, 2.45) is 5.73 Å². The first-order valence-corrected chi connectivity index (χ1v) is 6.81. The number of carbonyl (C=O) groups is 1. The van der Waals surface area contributed by atoms with Gasteiger partial charge >= 0.3 is 0 Å². The summed E-state index contributed by atoms with van der Waals surface area (Å²) >= 11 is 0. The number of aliphatic hydroxyl groups is 1. The number of amides is 1. The van der Waals surface area contributed by atoms with E-state index >= 15 is 0 Å². The lowest BCUT2D eigenvalue weighted by atomic mass is 9.98. The Hall–Kier alpha value is -1.39. The van der Waals surface area contributed by atoms with Gasteiger partial charge in [0.15, 0.2) is 0 Å². The van der Waals surface area contributed by atoms with Crippen molar-refractivity contribution in [3.63, 3.8) is 0 Å². The van der Waals surface area contributed by atoms with Crippen molar-refractivity contribution in [2.45, 2.75) is 25.2 Å². The van der Waals surface area contributed by atoms with Crippen molar-refractivity contribution in [1.82, 2.24) is 4.90 Å². The topological polar surface area (TPSA) is 66.6 Å². The van der Waals surface area contributed by atoms with Gasteiger partial charge in [-0.1, -0.05) is 30.3 Å². The van der Waals surface area contributed by atoms with Crippen LogP contribution in [0.15, 0.2) is 30.3 Å². The van der Waals surface area contributed by atoms with Crippen molar-refractivity contribution in [3.8, 4) is 0 Å². The number of nitrogens with zero attached hydrogens (tertiary/aromatic N) is 1. The minimum atomic E-state index is -0.260. The third-order valence-corrected chi connectivity index (χ3v) is 3.26. The number of likely N-dealkylation sites (N-methyl/N-ethyl adjacent to an activating group) is 1. The zero-order chi connectivity index (χ0) is 14.1. The summed E-state index contributed by atoms with van der Waals surface area (Å²) in [6.07, 6.45) is 2.64. The number of hydrogen-bond acceptors (Lipinski definition) is 3. The number of benzene rings is 1. The molecule has 0 aliphatic rings. The van der Waals surface area contributed by atoms with Crippen molar-refractivity contribution >= 4 is 5.91 Å². The van der Waals surface area contributed by atoms with Gasteiger partial charge in [-0.05, 0) is 24.8 Å². The lowest BCUT2D eigenvalue weighted by Crippen LogP contribution is -2.35. The summed E-state index contributed by atoms with van der Waals surface area (Å²) in [4.78, 5) is 14.1. The summed E-state index contributed by atoms with van der Waals surface area (Å²) < 4.78 is 0. The Morgan fingerprint density at radius 3 is 2.53 bits per heavy atom. The molecule has 0 spiro atoms. The van der Waals surface area contributed by atoms with Crippen LogP contribution in [0.2, 0.25) is 0 Å². The molecule has 4 heteroatoms. The lowest BCUT2D eigenvalue weighted by Gasteiger charge is -2.23. The molecule has 106 valence electrons. The molecular formula is C15H24N2O2. The number of hydrogen-bond donors (Lipinski definition) is 2. The van der Waals surface area contributed by atoms with E-state index in [2.05, 4.69) is 0 Å². The van der Waals surface area contributed by atoms with Crippen LogP contribution in [0.5, 0.6) is 0 Å². The molecule has 1 amide bonds. The molecule has 1 aromatic rings. The molecule has 1 aromatic carbocycles. The van der Waals surface area contributed by atoms with Gasteiger partial charge in [0.1, 0.15) is 0 Å². The smallest absolute Gasteiger partial charge is 0.231 e. The second kappa shape index (κ2) is 8.67. The van der Waals surface area contributed by atoms with E-state index in [-0.39, 0.29) is 18.4 Å². The molecule has 3 N–H and O–H groups in total. The monoisotopic (exact) mass is 264 g/mol. The molecule has 1 unspecified atom stereocenters. The van der Waals surface area contributed by atoms with Crippen LogP contribution in [0.1, 0.15) is 30.7 Å². The summed E-state index contributed by atoms with van der Waals surface area (Å²) in [6.45, 7) is 1.25. The molecule has 0 aliphatic carbocycles. The van der Waals surface area contributed by atoms with Crippen LogP contribution in [0, 0.1) is 0 Å². The molecule has 0 fully saturated rings. The third kappa shape index (κ3) is 5.01. The van der Waals surface area contributed by atoms with Gasteiger partial charge in [-0.15, -0.1) is 0 Å².